The first kappa shape index (κ1) is 39.8. The number of benzene rings is 4. The molecule has 280 valence electrons. The molecule has 0 unspecified atom stereocenters. The fraction of sp³-hybridized carbons (Fsp3) is 0.190. The Bertz CT molecular complexity index is 2190. The molecule has 2 aromatic heterocycles. The van der Waals surface area contributed by atoms with Gasteiger partial charge in [-0.25, -0.2) is 4.39 Å². The molecule has 0 atom stereocenters. The number of phenolic OH excluding ortho intramolecular Hbond substituents is 2. The Hall–Kier alpha value is -5.36. The van der Waals surface area contributed by atoms with Crippen molar-refractivity contribution in [2.45, 2.75) is 53.4 Å². The van der Waals surface area contributed by atoms with Crippen molar-refractivity contribution >= 4 is 45.9 Å². The molecule has 0 aliphatic rings. The maximum atomic E-state index is 14.1. The van der Waals surface area contributed by atoms with Crippen molar-refractivity contribution in [3.63, 3.8) is 0 Å². The summed E-state index contributed by atoms with van der Waals surface area (Å²) in [6, 6.07) is 21.6. The van der Waals surface area contributed by atoms with E-state index in [1.165, 1.54) is 12.1 Å². The number of rotatable bonds is 10. The summed E-state index contributed by atoms with van der Waals surface area (Å²) in [6.45, 7) is 8.20. The third-order valence-corrected chi connectivity index (χ3v) is 11.3. The molecule has 4 aromatic carbocycles. The molecule has 6 aromatic rings. The summed E-state index contributed by atoms with van der Waals surface area (Å²) in [7, 11) is 0. The van der Waals surface area contributed by atoms with Gasteiger partial charge in [-0.05, 0) is 130 Å². The molecular weight excluding hydrogens is 743 g/mol. The van der Waals surface area contributed by atoms with Crippen LogP contribution in [0.4, 0.5) is 4.39 Å². The van der Waals surface area contributed by atoms with E-state index in [-0.39, 0.29) is 22.4 Å². The minimum atomic E-state index is -0.687. The lowest BCUT2D eigenvalue weighted by molar-refractivity contribution is 0.318. The van der Waals surface area contributed by atoms with E-state index in [2.05, 4.69) is 30.2 Å². The second-order valence-corrected chi connectivity index (χ2v) is 15.0. The number of nitrogens with two attached hydrogens (primary N) is 2. The second kappa shape index (κ2) is 17.6. The number of nitrogens with zero attached hydrogens (tertiary/aromatic N) is 2. The number of amidine groups is 2. The van der Waals surface area contributed by atoms with Crippen LogP contribution in [-0.4, -0.2) is 32.3 Å². The van der Waals surface area contributed by atoms with Crippen molar-refractivity contribution in [2.24, 2.45) is 21.8 Å². The number of aryl methyl sites for hydroxylation is 4. The monoisotopic (exact) mass is 784 g/mol. The largest absolute Gasteiger partial charge is 0.506 e. The number of hydrogen-bond donors (Lipinski definition) is 6. The maximum Gasteiger partial charge on any atom is 0.170 e. The van der Waals surface area contributed by atoms with Gasteiger partial charge in [-0.3, -0.25) is 0 Å². The molecule has 2 heterocycles. The van der Waals surface area contributed by atoms with E-state index >= 15 is 0 Å². The Kier molecular flexibility index (Phi) is 13.0. The number of aromatic hydroxyl groups is 2. The Morgan fingerprint density at radius 2 is 1.11 bits per heavy atom. The zero-order chi connectivity index (χ0) is 39.1. The highest BCUT2D eigenvalue weighted by Crippen LogP contribution is 2.43. The van der Waals surface area contributed by atoms with Gasteiger partial charge in [0.15, 0.2) is 23.2 Å². The van der Waals surface area contributed by atoms with Gasteiger partial charge >= 0.3 is 0 Å². The zero-order valence-corrected chi connectivity index (χ0v) is 32.7. The standard InChI is InChI=1S/C21H21ClN2O2S.C21H21FN2O2S/c2*1-3-4-13-9-15(14-5-6-18(25)17(22)11-14)19(16(10-13)21(23)24-26)20-12(2)7-8-27-20/h2*5-11,25-26H,3-4H2,1-2H3,(H2,23,24). The van der Waals surface area contributed by atoms with Gasteiger partial charge < -0.3 is 32.1 Å². The van der Waals surface area contributed by atoms with Crippen LogP contribution < -0.4 is 11.5 Å². The average Bonchev–Trinajstić information content (AvgIpc) is 3.80. The molecular formula is C42H42ClFN4O4S2. The van der Waals surface area contributed by atoms with Crippen LogP contribution in [0, 0.1) is 19.7 Å². The minimum Gasteiger partial charge on any atom is -0.506 e. The quantitative estimate of drug-likeness (QED) is 0.0351. The maximum absolute atomic E-state index is 14.1. The van der Waals surface area contributed by atoms with Crippen LogP contribution in [0.5, 0.6) is 11.5 Å². The minimum absolute atomic E-state index is 0.0104. The van der Waals surface area contributed by atoms with Crippen molar-refractivity contribution in [1.29, 1.82) is 0 Å². The summed E-state index contributed by atoms with van der Waals surface area (Å²) in [4.78, 5) is 2.03. The molecule has 0 fully saturated rings. The summed E-state index contributed by atoms with van der Waals surface area (Å²) >= 11 is 9.32. The van der Waals surface area contributed by atoms with Crippen LogP contribution in [0.3, 0.4) is 0 Å². The molecule has 0 radical (unpaired) electrons. The molecule has 6 rings (SSSR count). The second-order valence-electron chi connectivity index (χ2n) is 12.8. The van der Waals surface area contributed by atoms with Gasteiger partial charge in [0.2, 0.25) is 0 Å². The first-order valence-electron chi connectivity index (χ1n) is 17.3. The molecule has 0 saturated carbocycles. The molecule has 54 heavy (non-hydrogen) atoms. The third kappa shape index (κ3) is 8.54. The fourth-order valence-corrected chi connectivity index (χ4v) is 8.51. The first-order chi connectivity index (χ1) is 25.9. The SMILES string of the molecule is CCCc1cc(C(N)=NO)c(-c2sccc2C)c(-c2ccc(O)c(Cl)c2)c1.CCCc1cc(C(N)=NO)c(-c2sccc2C)c(-c2ccc(O)c(F)c2)c1. The molecule has 0 aliphatic carbocycles. The Morgan fingerprint density at radius 1 is 0.667 bits per heavy atom. The van der Waals surface area contributed by atoms with Crippen LogP contribution in [0.1, 0.15) is 60.1 Å². The van der Waals surface area contributed by atoms with Crippen LogP contribution in [0.25, 0.3) is 43.1 Å². The number of phenols is 2. The lowest BCUT2D eigenvalue weighted by Crippen LogP contribution is -2.15. The number of hydrogen-bond acceptors (Lipinski definition) is 8. The molecule has 0 saturated heterocycles. The number of oxime groups is 2. The highest BCUT2D eigenvalue weighted by atomic mass is 35.5. The average molecular weight is 785 g/mol. The van der Waals surface area contributed by atoms with E-state index < -0.39 is 11.6 Å². The van der Waals surface area contributed by atoms with Crippen LogP contribution in [0.15, 0.2) is 93.9 Å². The summed E-state index contributed by atoms with van der Waals surface area (Å²) in [5.41, 5.74) is 22.5. The Balaban J connectivity index is 0.000000208. The third-order valence-electron chi connectivity index (χ3n) is 8.94. The van der Waals surface area contributed by atoms with Crippen molar-refractivity contribution in [3.05, 3.63) is 128 Å². The van der Waals surface area contributed by atoms with Gasteiger partial charge in [-0.2, -0.15) is 0 Å². The number of halogens is 2. The molecule has 0 bridgehead atoms. The molecule has 8 N–H and O–H groups in total. The van der Waals surface area contributed by atoms with Crippen molar-refractivity contribution in [3.8, 4) is 54.6 Å². The summed E-state index contributed by atoms with van der Waals surface area (Å²) < 4.78 is 14.1. The topological polar surface area (TPSA) is 158 Å². The lowest BCUT2D eigenvalue weighted by atomic mass is 9.89. The smallest absolute Gasteiger partial charge is 0.170 e. The fourth-order valence-electron chi connectivity index (χ4n) is 6.33. The first-order valence-corrected chi connectivity index (χ1v) is 19.4. The van der Waals surface area contributed by atoms with Crippen LogP contribution in [-0.2, 0) is 12.8 Å². The van der Waals surface area contributed by atoms with Gasteiger partial charge in [0.1, 0.15) is 5.75 Å². The van der Waals surface area contributed by atoms with Gasteiger partial charge in [0, 0.05) is 32.0 Å². The van der Waals surface area contributed by atoms with Crippen molar-refractivity contribution in [1.82, 2.24) is 0 Å². The van der Waals surface area contributed by atoms with E-state index in [1.54, 1.807) is 40.9 Å². The number of thiophene rings is 2. The van der Waals surface area contributed by atoms with E-state index in [9.17, 15) is 25.0 Å². The van der Waals surface area contributed by atoms with E-state index in [1.807, 2.05) is 61.0 Å². The predicted molar refractivity (Wildman–Crippen MR) is 221 cm³/mol. The van der Waals surface area contributed by atoms with E-state index in [0.717, 1.165) is 85.5 Å². The van der Waals surface area contributed by atoms with Crippen molar-refractivity contribution in [2.75, 3.05) is 0 Å². The Morgan fingerprint density at radius 3 is 1.48 bits per heavy atom. The lowest BCUT2D eigenvalue weighted by Gasteiger charge is -2.17. The molecule has 0 amide bonds. The van der Waals surface area contributed by atoms with Crippen LogP contribution in [0.2, 0.25) is 5.02 Å². The summed E-state index contributed by atoms with van der Waals surface area (Å²) in [5, 5.41) is 48.8. The van der Waals surface area contributed by atoms with Crippen molar-refractivity contribution < 1.29 is 25.0 Å². The van der Waals surface area contributed by atoms with E-state index in [4.69, 9.17) is 23.1 Å². The molecule has 12 heteroatoms. The van der Waals surface area contributed by atoms with Gasteiger partial charge in [0.05, 0.1) is 5.02 Å². The molecule has 8 nitrogen and oxygen atoms in total. The van der Waals surface area contributed by atoms with Gasteiger partial charge in [-0.15, -0.1) is 22.7 Å². The summed E-state index contributed by atoms with van der Waals surface area (Å²) in [6.07, 6.45) is 3.58. The highest BCUT2D eigenvalue weighted by Gasteiger charge is 2.22. The van der Waals surface area contributed by atoms with E-state index in [0.29, 0.717) is 16.7 Å². The van der Waals surface area contributed by atoms with Gasteiger partial charge in [0.25, 0.3) is 0 Å². The summed E-state index contributed by atoms with van der Waals surface area (Å²) in [5.74, 6) is -0.963. The highest BCUT2D eigenvalue weighted by molar-refractivity contribution is 7.14. The molecule has 0 aliphatic heterocycles. The predicted octanol–water partition coefficient (Wildman–Crippen LogP) is 11.1. The van der Waals surface area contributed by atoms with Gasteiger partial charge in [-0.1, -0.05) is 72.9 Å². The Labute approximate surface area is 327 Å². The molecule has 0 spiro atoms. The van der Waals surface area contributed by atoms with Crippen LogP contribution >= 0.6 is 34.3 Å². The normalized spacial score (nSPS) is 11.7. The zero-order valence-electron chi connectivity index (χ0n) is 30.3.